The minimum atomic E-state index is -0.822. The molecule has 3 aliphatic rings. The highest BCUT2D eigenvalue weighted by atomic mass is 16.3. The van der Waals surface area contributed by atoms with Crippen molar-refractivity contribution in [2.75, 3.05) is 39.3 Å². The van der Waals surface area contributed by atoms with Gasteiger partial charge in [0, 0.05) is 39.3 Å². The molecule has 2 saturated heterocycles. The second kappa shape index (κ2) is 7.37. The highest BCUT2D eigenvalue weighted by molar-refractivity contribution is 6.08. The van der Waals surface area contributed by atoms with E-state index in [4.69, 9.17) is 4.42 Å². The van der Waals surface area contributed by atoms with Crippen molar-refractivity contribution in [1.29, 1.82) is 0 Å². The van der Waals surface area contributed by atoms with Crippen molar-refractivity contribution in [1.82, 2.24) is 14.7 Å². The molecule has 2 aliphatic heterocycles. The van der Waals surface area contributed by atoms with Crippen molar-refractivity contribution in [3.63, 3.8) is 0 Å². The Hall–Kier alpha value is -2.31. The minimum absolute atomic E-state index is 0.0310. The first kappa shape index (κ1) is 18.1. The molecule has 1 saturated carbocycles. The number of carbonyl (C=O) groups excluding carboxylic acids is 3. The molecule has 1 aromatic heterocycles. The summed E-state index contributed by atoms with van der Waals surface area (Å²) in [5.41, 5.74) is -0.822. The topological polar surface area (TPSA) is 74.1 Å². The van der Waals surface area contributed by atoms with Crippen molar-refractivity contribution >= 4 is 17.7 Å². The average Bonchev–Trinajstić information content (AvgIpc) is 3.42. The van der Waals surface area contributed by atoms with Crippen molar-refractivity contribution < 1.29 is 18.8 Å². The Bertz CT molecular complexity index is 695. The van der Waals surface area contributed by atoms with Crippen LogP contribution in [0, 0.1) is 5.41 Å². The summed E-state index contributed by atoms with van der Waals surface area (Å²) in [4.78, 5) is 43.9. The van der Waals surface area contributed by atoms with Gasteiger partial charge >= 0.3 is 0 Å². The normalized spacial score (nSPS) is 22.3. The number of furan rings is 1. The van der Waals surface area contributed by atoms with Crippen LogP contribution in [0.4, 0.5) is 0 Å². The van der Waals surface area contributed by atoms with Crippen LogP contribution in [0.3, 0.4) is 0 Å². The monoisotopic (exact) mass is 373 g/mol. The number of rotatable bonds is 3. The molecule has 0 atom stereocenters. The van der Waals surface area contributed by atoms with Crippen molar-refractivity contribution in [3.8, 4) is 0 Å². The zero-order valence-electron chi connectivity index (χ0n) is 15.7. The molecule has 3 heterocycles. The number of piperazine rings is 1. The summed E-state index contributed by atoms with van der Waals surface area (Å²) in [7, 11) is 0. The van der Waals surface area contributed by atoms with Crippen LogP contribution in [0.5, 0.6) is 0 Å². The van der Waals surface area contributed by atoms with Crippen LogP contribution in [0.25, 0.3) is 0 Å². The zero-order chi connectivity index (χ0) is 18.9. The maximum atomic E-state index is 13.1. The van der Waals surface area contributed by atoms with E-state index >= 15 is 0 Å². The summed E-state index contributed by atoms with van der Waals surface area (Å²) in [6.07, 6.45) is 7.19. The van der Waals surface area contributed by atoms with Gasteiger partial charge in [-0.1, -0.05) is 12.8 Å². The van der Waals surface area contributed by atoms with E-state index in [9.17, 15) is 14.4 Å². The van der Waals surface area contributed by atoms with E-state index in [0.29, 0.717) is 44.8 Å². The van der Waals surface area contributed by atoms with Crippen LogP contribution >= 0.6 is 0 Å². The number of likely N-dealkylation sites (tertiary alicyclic amines) is 1. The molecule has 0 aromatic carbocycles. The standard InChI is InChI=1S/C20H27N3O4/c24-17(16-6-5-15-27-16)21-11-13-23(14-12-21)19(26)20(7-8-20)18(25)22-9-3-1-2-4-10-22/h5-6,15H,1-4,7-14H2. The third kappa shape index (κ3) is 3.47. The third-order valence-corrected chi connectivity index (χ3v) is 6.05. The first-order chi connectivity index (χ1) is 13.1. The fourth-order valence-corrected chi connectivity index (χ4v) is 4.19. The molecule has 7 nitrogen and oxygen atoms in total. The SMILES string of the molecule is O=C(c1ccco1)N1CCN(C(=O)C2(C(=O)N3CCCCCC3)CC2)CC1. The predicted octanol–water partition coefficient (Wildman–Crippen LogP) is 1.75. The van der Waals surface area contributed by atoms with Crippen LogP contribution in [0.2, 0.25) is 0 Å². The van der Waals surface area contributed by atoms with Gasteiger partial charge in [-0.05, 0) is 37.8 Å². The van der Waals surface area contributed by atoms with E-state index < -0.39 is 5.41 Å². The lowest BCUT2D eigenvalue weighted by Crippen LogP contribution is -2.54. The van der Waals surface area contributed by atoms with Gasteiger partial charge in [-0.3, -0.25) is 14.4 Å². The quantitative estimate of drug-likeness (QED) is 0.757. The summed E-state index contributed by atoms with van der Waals surface area (Å²) in [6.45, 7) is 3.44. The first-order valence-corrected chi connectivity index (χ1v) is 10.0. The van der Waals surface area contributed by atoms with Crippen molar-refractivity contribution in [2.24, 2.45) is 5.41 Å². The Balaban J connectivity index is 1.36. The fraction of sp³-hybridized carbons (Fsp3) is 0.650. The highest BCUT2D eigenvalue weighted by Gasteiger charge is 2.59. The van der Waals surface area contributed by atoms with Crippen LogP contribution in [-0.2, 0) is 9.59 Å². The molecule has 27 heavy (non-hydrogen) atoms. The maximum absolute atomic E-state index is 13.1. The molecule has 3 amide bonds. The molecule has 0 radical (unpaired) electrons. The number of hydrogen-bond donors (Lipinski definition) is 0. The Kier molecular flexibility index (Phi) is 4.93. The fourth-order valence-electron chi connectivity index (χ4n) is 4.19. The lowest BCUT2D eigenvalue weighted by molar-refractivity contribution is -0.150. The summed E-state index contributed by atoms with van der Waals surface area (Å²) < 4.78 is 5.17. The highest BCUT2D eigenvalue weighted by Crippen LogP contribution is 2.49. The minimum Gasteiger partial charge on any atom is -0.459 e. The zero-order valence-corrected chi connectivity index (χ0v) is 15.7. The van der Waals surface area contributed by atoms with E-state index in [2.05, 4.69) is 0 Å². The van der Waals surface area contributed by atoms with Gasteiger partial charge in [-0.2, -0.15) is 0 Å². The Morgan fingerprint density at radius 2 is 1.33 bits per heavy atom. The van der Waals surface area contributed by atoms with E-state index in [-0.39, 0.29) is 17.7 Å². The summed E-state index contributed by atoms with van der Waals surface area (Å²) in [5.74, 6) is 0.170. The van der Waals surface area contributed by atoms with E-state index in [1.54, 1.807) is 21.9 Å². The van der Waals surface area contributed by atoms with Gasteiger partial charge in [0.2, 0.25) is 11.8 Å². The molecule has 0 bridgehead atoms. The Morgan fingerprint density at radius 1 is 0.778 bits per heavy atom. The molecule has 1 aliphatic carbocycles. The van der Waals surface area contributed by atoms with Gasteiger partial charge in [0.25, 0.3) is 5.91 Å². The number of hydrogen-bond acceptors (Lipinski definition) is 4. The van der Waals surface area contributed by atoms with E-state index in [1.807, 2.05) is 4.90 Å². The second-order valence-corrected chi connectivity index (χ2v) is 7.85. The van der Waals surface area contributed by atoms with Crippen molar-refractivity contribution in [3.05, 3.63) is 24.2 Å². The molecule has 0 unspecified atom stereocenters. The predicted molar refractivity (Wildman–Crippen MR) is 97.9 cm³/mol. The van der Waals surface area contributed by atoms with Gasteiger partial charge in [0.05, 0.1) is 6.26 Å². The van der Waals surface area contributed by atoms with Gasteiger partial charge in [0.1, 0.15) is 5.41 Å². The molecule has 0 N–H and O–H groups in total. The summed E-state index contributed by atoms with van der Waals surface area (Å²) >= 11 is 0. The number of amides is 3. The number of nitrogens with zero attached hydrogens (tertiary/aromatic N) is 3. The van der Waals surface area contributed by atoms with Gasteiger partial charge in [0.15, 0.2) is 5.76 Å². The van der Waals surface area contributed by atoms with E-state index in [0.717, 1.165) is 38.8 Å². The first-order valence-electron chi connectivity index (χ1n) is 10.0. The van der Waals surface area contributed by atoms with Gasteiger partial charge in [-0.15, -0.1) is 0 Å². The summed E-state index contributed by atoms with van der Waals surface area (Å²) in [6, 6.07) is 3.34. The molecular formula is C20H27N3O4. The molecule has 7 heteroatoms. The average molecular weight is 373 g/mol. The molecule has 3 fully saturated rings. The largest absolute Gasteiger partial charge is 0.459 e. The van der Waals surface area contributed by atoms with Crippen LogP contribution < -0.4 is 0 Å². The Labute approximate surface area is 159 Å². The number of carbonyl (C=O) groups is 3. The van der Waals surface area contributed by atoms with Crippen molar-refractivity contribution in [2.45, 2.75) is 38.5 Å². The second-order valence-electron chi connectivity index (χ2n) is 7.85. The van der Waals surface area contributed by atoms with Crippen LogP contribution in [0.1, 0.15) is 49.1 Å². The third-order valence-electron chi connectivity index (χ3n) is 6.05. The molecule has 146 valence electrons. The van der Waals surface area contributed by atoms with Crippen LogP contribution in [0.15, 0.2) is 22.8 Å². The van der Waals surface area contributed by atoms with Gasteiger partial charge in [-0.25, -0.2) is 0 Å². The molecule has 1 aromatic rings. The Morgan fingerprint density at radius 3 is 1.85 bits per heavy atom. The maximum Gasteiger partial charge on any atom is 0.289 e. The lowest BCUT2D eigenvalue weighted by atomic mass is 10.0. The summed E-state index contributed by atoms with van der Waals surface area (Å²) in [5, 5.41) is 0. The molecule has 4 rings (SSSR count). The molecule has 0 spiro atoms. The smallest absolute Gasteiger partial charge is 0.289 e. The van der Waals surface area contributed by atoms with E-state index in [1.165, 1.54) is 6.26 Å². The van der Waals surface area contributed by atoms with Crippen LogP contribution in [-0.4, -0.2) is 71.7 Å². The molecular weight excluding hydrogens is 346 g/mol. The van der Waals surface area contributed by atoms with Gasteiger partial charge < -0.3 is 19.1 Å². The lowest BCUT2D eigenvalue weighted by Gasteiger charge is -2.37.